The van der Waals surface area contributed by atoms with Crippen molar-refractivity contribution >= 4 is 22.6 Å². The van der Waals surface area contributed by atoms with E-state index in [0.717, 1.165) is 24.2 Å². The third-order valence-corrected chi connectivity index (χ3v) is 4.19. The molecule has 102 valence electrons. The average molecular weight is 281 g/mol. The molecule has 2 nitrogen and oxygen atoms in total. The van der Waals surface area contributed by atoms with E-state index in [9.17, 15) is 4.39 Å². The topological polar surface area (TPSA) is 17.8 Å². The molecule has 19 heavy (non-hydrogen) atoms. The van der Waals surface area contributed by atoms with Crippen molar-refractivity contribution in [1.29, 1.82) is 0 Å². The number of benzene rings is 1. The number of hydrogen-bond donors (Lipinski definition) is 0. The van der Waals surface area contributed by atoms with E-state index in [1.165, 1.54) is 25.3 Å². The van der Waals surface area contributed by atoms with Crippen molar-refractivity contribution in [3.05, 3.63) is 29.8 Å². The van der Waals surface area contributed by atoms with Crippen LogP contribution in [0.2, 0.25) is 0 Å². The summed E-state index contributed by atoms with van der Waals surface area (Å²) in [6, 6.07) is 5.57. The molecule has 1 aromatic carbocycles. The number of halogens is 2. The molecule has 0 radical (unpaired) electrons. The molecule has 1 heterocycles. The van der Waals surface area contributed by atoms with Crippen molar-refractivity contribution < 1.29 is 4.39 Å². The van der Waals surface area contributed by atoms with Gasteiger partial charge in [0, 0.05) is 6.04 Å². The van der Waals surface area contributed by atoms with Crippen LogP contribution in [0.15, 0.2) is 18.2 Å². The fourth-order valence-electron chi connectivity index (χ4n) is 3.10. The SMILES string of the molecule is CC(Cl)c1nc2c(F)cccc2n1C1CCCCC1. The van der Waals surface area contributed by atoms with Crippen molar-refractivity contribution in [3.8, 4) is 0 Å². The van der Waals surface area contributed by atoms with Gasteiger partial charge < -0.3 is 4.57 Å². The van der Waals surface area contributed by atoms with Crippen LogP contribution in [0.3, 0.4) is 0 Å². The second-order valence-electron chi connectivity index (χ2n) is 5.36. The van der Waals surface area contributed by atoms with Crippen molar-refractivity contribution in [1.82, 2.24) is 9.55 Å². The maximum absolute atomic E-state index is 13.9. The summed E-state index contributed by atoms with van der Waals surface area (Å²) in [5.41, 5.74) is 1.34. The largest absolute Gasteiger partial charge is 0.324 e. The maximum Gasteiger partial charge on any atom is 0.151 e. The molecule has 0 N–H and O–H groups in total. The van der Waals surface area contributed by atoms with Crippen LogP contribution in [0, 0.1) is 5.82 Å². The van der Waals surface area contributed by atoms with Crippen LogP contribution in [-0.2, 0) is 0 Å². The highest BCUT2D eigenvalue weighted by Crippen LogP contribution is 2.35. The van der Waals surface area contributed by atoms with Crippen molar-refractivity contribution in [2.24, 2.45) is 0 Å². The van der Waals surface area contributed by atoms with Crippen LogP contribution in [0.5, 0.6) is 0 Å². The molecule has 1 unspecified atom stereocenters. The van der Waals surface area contributed by atoms with E-state index in [2.05, 4.69) is 9.55 Å². The Morgan fingerprint density at radius 2 is 2.05 bits per heavy atom. The Labute approximate surface area is 117 Å². The van der Waals surface area contributed by atoms with Crippen molar-refractivity contribution in [2.75, 3.05) is 0 Å². The van der Waals surface area contributed by atoms with Gasteiger partial charge in [-0.25, -0.2) is 9.37 Å². The normalized spacial score (nSPS) is 18.9. The number of aromatic nitrogens is 2. The summed E-state index contributed by atoms with van der Waals surface area (Å²) in [4.78, 5) is 4.44. The molecule has 1 atom stereocenters. The van der Waals surface area contributed by atoms with Gasteiger partial charge in [-0.1, -0.05) is 25.3 Å². The van der Waals surface area contributed by atoms with Crippen LogP contribution in [0.1, 0.15) is 56.3 Å². The third kappa shape index (κ3) is 2.25. The predicted octanol–water partition coefficient (Wildman–Crippen LogP) is 4.98. The van der Waals surface area contributed by atoms with Crippen LogP contribution in [0.25, 0.3) is 11.0 Å². The van der Waals surface area contributed by atoms with E-state index in [-0.39, 0.29) is 11.2 Å². The number of nitrogens with zero attached hydrogens (tertiary/aromatic N) is 2. The molecule has 0 saturated heterocycles. The molecule has 4 heteroatoms. The van der Waals surface area contributed by atoms with Gasteiger partial charge in [-0.3, -0.25) is 0 Å². The smallest absolute Gasteiger partial charge is 0.151 e. The second kappa shape index (κ2) is 5.12. The van der Waals surface area contributed by atoms with Crippen molar-refractivity contribution in [2.45, 2.75) is 50.4 Å². The Balaban J connectivity index is 2.18. The molecule has 1 fully saturated rings. The average Bonchev–Trinajstić information content (AvgIpc) is 2.81. The number of imidazole rings is 1. The van der Waals surface area contributed by atoms with Gasteiger partial charge in [-0.15, -0.1) is 11.6 Å². The molecule has 1 aliphatic carbocycles. The number of hydrogen-bond acceptors (Lipinski definition) is 1. The molecule has 2 aromatic rings. The summed E-state index contributed by atoms with van der Waals surface area (Å²) in [5.74, 6) is 0.541. The number of alkyl halides is 1. The highest BCUT2D eigenvalue weighted by Gasteiger charge is 2.24. The monoisotopic (exact) mass is 280 g/mol. The Kier molecular flexibility index (Phi) is 3.48. The van der Waals surface area contributed by atoms with Crippen molar-refractivity contribution in [3.63, 3.8) is 0 Å². The lowest BCUT2D eigenvalue weighted by Gasteiger charge is -2.26. The Morgan fingerprint density at radius 1 is 1.32 bits per heavy atom. The first-order valence-corrected chi connectivity index (χ1v) is 7.42. The lowest BCUT2D eigenvalue weighted by Crippen LogP contribution is -2.15. The standard InChI is InChI=1S/C15H18ClFN2/c1-10(16)15-18-14-12(17)8-5-9-13(14)19(15)11-6-3-2-4-7-11/h5,8-11H,2-4,6-7H2,1H3. The molecule has 1 saturated carbocycles. The fraction of sp³-hybridized carbons (Fsp3) is 0.533. The Hall–Kier alpha value is -1.09. The first-order valence-electron chi connectivity index (χ1n) is 6.99. The molecule has 0 aliphatic heterocycles. The minimum Gasteiger partial charge on any atom is -0.324 e. The van der Waals surface area contributed by atoms with E-state index in [1.807, 2.05) is 13.0 Å². The highest BCUT2D eigenvalue weighted by molar-refractivity contribution is 6.20. The lowest BCUT2D eigenvalue weighted by molar-refractivity contribution is 0.352. The van der Waals surface area contributed by atoms with Gasteiger partial charge in [0.1, 0.15) is 11.3 Å². The molecular formula is C15H18ClFN2. The number of rotatable bonds is 2. The summed E-state index contributed by atoms with van der Waals surface area (Å²) in [6.45, 7) is 1.90. The molecule has 1 aromatic heterocycles. The minimum atomic E-state index is -0.259. The van der Waals surface area contributed by atoms with E-state index in [0.29, 0.717) is 11.6 Å². The predicted molar refractivity (Wildman–Crippen MR) is 76.1 cm³/mol. The zero-order valence-electron chi connectivity index (χ0n) is 11.1. The summed E-state index contributed by atoms with van der Waals surface area (Å²) < 4.78 is 16.1. The fourth-order valence-corrected chi connectivity index (χ4v) is 3.26. The van der Waals surface area contributed by atoms with Gasteiger partial charge in [0.25, 0.3) is 0 Å². The third-order valence-electron chi connectivity index (χ3n) is 3.99. The second-order valence-corrected chi connectivity index (χ2v) is 6.01. The number of fused-ring (bicyclic) bond motifs is 1. The number of para-hydroxylation sites is 1. The lowest BCUT2D eigenvalue weighted by atomic mass is 9.95. The summed E-state index contributed by atoms with van der Waals surface area (Å²) in [6.07, 6.45) is 6.03. The molecule has 0 amide bonds. The quantitative estimate of drug-likeness (QED) is 0.709. The van der Waals surface area contributed by atoms with Gasteiger partial charge in [-0.2, -0.15) is 0 Å². The van der Waals surface area contributed by atoms with E-state index < -0.39 is 0 Å². The molecule has 0 spiro atoms. The molecule has 3 rings (SSSR count). The minimum absolute atomic E-state index is 0.200. The van der Waals surface area contributed by atoms with E-state index >= 15 is 0 Å². The van der Waals surface area contributed by atoms with Crippen LogP contribution in [0.4, 0.5) is 4.39 Å². The van der Waals surface area contributed by atoms with E-state index in [1.54, 1.807) is 6.07 Å². The summed E-state index contributed by atoms with van der Waals surface area (Å²) in [5, 5.41) is -0.200. The summed E-state index contributed by atoms with van der Waals surface area (Å²) in [7, 11) is 0. The van der Waals surface area contributed by atoms with Crippen LogP contribution in [-0.4, -0.2) is 9.55 Å². The Morgan fingerprint density at radius 3 is 2.74 bits per heavy atom. The zero-order chi connectivity index (χ0) is 13.4. The first kappa shape index (κ1) is 12.9. The molecular weight excluding hydrogens is 263 g/mol. The molecule has 1 aliphatic rings. The van der Waals surface area contributed by atoms with Gasteiger partial charge in [0.05, 0.1) is 10.9 Å². The van der Waals surface area contributed by atoms with Gasteiger partial charge in [0.2, 0.25) is 0 Å². The van der Waals surface area contributed by atoms with Gasteiger partial charge >= 0.3 is 0 Å². The van der Waals surface area contributed by atoms with Gasteiger partial charge in [-0.05, 0) is 31.9 Å². The molecule has 0 bridgehead atoms. The highest BCUT2D eigenvalue weighted by atomic mass is 35.5. The zero-order valence-corrected chi connectivity index (χ0v) is 11.8. The van der Waals surface area contributed by atoms with Crippen LogP contribution >= 0.6 is 11.6 Å². The maximum atomic E-state index is 13.9. The Bertz CT molecular complexity index is 585. The van der Waals surface area contributed by atoms with Gasteiger partial charge in [0.15, 0.2) is 5.82 Å². The summed E-state index contributed by atoms with van der Waals surface area (Å²) >= 11 is 6.25. The van der Waals surface area contributed by atoms with E-state index in [4.69, 9.17) is 11.6 Å². The van der Waals surface area contributed by atoms with Crippen LogP contribution < -0.4 is 0 Å². The first-order chi connectivity index (χ1) is 9.18.